The summed E-state index contributed by atoms with van der Waals surface area (Å²) in [6, 6.07) is 0. The first-order chi connectivity index (χ1) is 5.94. The van der Waals surface area contributed by atoms with Crippen molar-refractivity contribution in [2.24, 2.45) is 5.41 Å². The van der Waals surface area contributed by atoms with E-state index in [-0.39, 0.29) is 11.7 Å². The van der Waals surface area contributed by atoms with Crippen molar-refractivity contribution in [1.82, 2.24) is 0 Å². The third-order valence-corrected chi connectivity index (χ3v) is 2.10. The first-order valence-electron chi connectivity index (χ1n) is 4.63. The molecular formula is C11H22O2. The summed E-state index contributed by atoms with van der Waals surface area (Å²) in [5.74, 6) is 0. The second-order valence-corrected chi connectivity index (χ2v) is 4.28. The minimum absolute atomic E-state index is 0.0285. The molecule has 0 aliphatic carbocycles. The molecule has 2 heteroatoms. The van der Waals surface area contributed by atoms with E-state index in [9.17, 15) is 0 Å². The van der Waals surface area contributed by atoms with Crippen LogP contribution < -0.4 is 0 Å². The van der Waals surface area contributed by atoms with Gasteiger partial charge in [0.15, 0.2) is 6.29 Å². The topological polar surface area (TPSA) is 18.5 Å². The number of allylic oxidation sites excluding steroid dienone is 2. The lowest BCUT2D eigenvalue weighted by Gasteiger charge is -2.31. The first kappa shape index (κ1) is 12.7. The quantitative estimate of drug-likeness (QED) is 0.485. The molecule has 0 fully saturated rings. The summed E-state index contributed by atoms with van der Waals surface area (Å²) in [5, 5.41) is 0. The summed E-state index contributed by atoms with van der Waals surface area (Å²) in [4.78, 5) is 0. The fraction of sp³-hybridized carbons (Fsp3) is 0.818. The highest BCUT2D eigenvalue weighted by Gasteiger charge is 2.28. The van der Waals surface area contributed by atoms with E-state index in [0.29, 0.717) is 0 Å². The van der Waals surface area contributed by atoms with Gasteiger partial charge in [0.25, 0.3) is 0 Å². The molecule has 13 heavy (non-hydrogen) atoms. The van der Waals surface area contributed by atoms with Crippen molar-refractivity contribution in [2.45, 2.75) is 40.4 Å². The van der Waals surface area contributed by atoms with Crippen LogP contribution in [0.2, 0.25) is 0 Å². The number of rotatable bonds is 5. The van der Waals surface area contributed by atoms with Gasteiger partial charge in [-0.15, -0.1) is 0 Å². The molecule has 0 unspecified atom stereocenters. The molecule has 0 amide bonds. The molecule has 0 radical (unpaired) electrons. The Morgan fingerprint density at radius 2 is 1.69 bits per heavy atom. The molecular weight excluding hydrogens is 164 g/mol. The van der Waals surface area contributed by atoms with Crippen molar-refractivity contribution >= 4 is 0 Å². The highest BCUT2D eigenvalue weighted by atomic mass is 16.7. The predicted molar refractivity (Wildman–Crippen MR) is 55.6 cm³/mol. The summed E-state index contributed by atoms with van der Waals surface area (Å²) >= 11 is 0. The van der Waals surface area contributed by atoms with Crippen LogP contribution in [0.3, 0.4) is 0 Å². The zero-order valence-corrected chi connectivity index (χ0v) is 9.68. The van der Waals surface area contributed by atoms with Crippen LogP contribution in [0.5, 0.6) is 0 Å². The van der Waals surface area contributed by atoms with E-state index in [4.69, 9.17) is 9.47 Å². The van der Waals surface area contributed by atoms with Gasteiger partial charge in [-0.25, -0.2) is 0 Å². The smallest absolute Gasteiger partial charge is 0.162 e. The van der Waals surface area contributed by atoms with Crippen LogP contribution in [0.25, 0.3) is 0 Å². The largest absolute Gasteiger partial charge is 0.355 e. The van der Waals surface area contributed by atoms with Gasteiger partial charge < -0.3 is 9.47 Å². The van der Waals surface area contributed by atoms with Gasteiger partial charge in [-0.1, -0.05) is 25.5 Å². The molecule has 78 valence electrons. The maximum atomic E-state index is 5.25. The summed E-state index contributed by atoms with van der Waals surface area (Å²) in [5.41, 5.74) is 1.36. The van der Waals surface area contributed by atoms with E-state index in [1.165, 1.54) is 5.57 Å². The maximum absolute atomic E-state index is 5.25. The third kappa shape index (κ3) is 4.44. The van der Waals surface area contributed by atoms with Crippen molar-refractivity contribution < 1.29 is 9.47 Å². The lowest BCUT2D eigenvalue weighted by Crippen LogP contribution is -2.32. The minimum Gasteiger partial charge on any atom is -0.355 e. The summed E-state index contributed by atoms with van der Waals surface area (Å²) < 4.78 is 10.5. The van der Waals surface area contributed by atoms with Gasteiger partial charge in [0.1, 0.15) is 0 Å². The Morgan fingerprint density at radius 3 is 2.00 bits per heavy atom. The van der Waals surface area contributed by atoms with Crippen LogP contribution in [0, 0.1) is 5.41 Å². The zero-order valence-electron chi connectivity index (χ0n) is 9.68. The number of hydrogen-bond donors (Lipinski definition) is 0. The molecule has 0 bridgehead atoms. The average molecular weight is 186 g/mol. The number of hydrogen-bond acceptors (Lipinski definition) is 2. The van der Waals surface area contributed by atoms with E-state index in [1.54, 1.807) is 14.2 Å². The van der Waals surface area contributed by atoms with Crippen molar-refractivity contribution in [3.63, 3.8) is 0 Å². The highest BCUT2D eigenvalue weighted by molar-refractivity contribution is 4.96. The molecule has 0 N–H and O–H groups in total. The molecule has 0 saturated carbocycles. The SMILES string of the molecule is COC(OC)C(C)(C)CC=C(C)C. The molecule has 0 heterocycles. The molecule has 0 spiro atoms. The Labute approximate surface area is 81.9 Å². The average Bonchev–Trinajstić information content (AvgIpc) is 2.03. The predicted octanol–water partition coefficient (Wildman–Crippen LogP) is 2.99. The van der Waals surface area contributed by atoms with E-state index >= 15 is 0 Å². The van der Waals surface area contributed by atoms with Crippen LogP contribution in [-0.4, -0.2) is 20.5 Å². The molecule has 2 nitrogen and oxygen atoms in total. The fourth-order valence-corrected chi connectivity index (χ4v) is 1.30. The lowest BCUT2D eigenvalue weighted by atomic mass is 9.87. The van der Waals surface area contributed by atoms with Crippen molar-refractivity contribution in [3.8, 4) is 0 Å². The molecule has 0 aliphatic rings. The van der Waals surface area contributed by atoms with Crippen molar-refractivity contribution in [3.05, 3.63) is 11.6 Å². The molecule has 0 saturated heterocycles. The zero-order chi connectivity index (χ0) is 10.5. The Balaban J connectivity index is 4.27. The summed E-state index contributed by atoms with van der Waals surface area (Å²) in [7, 11) is 3.36. The Morgan fingerprint density at radius 1 is 1.23 bits per heavy atom. The van der Waals surface area contributed by atoms with Crippen LogP contribution in [0.1, 0.15) is 34.1 Å². The number of methoxy groups -OCH3 is 2. The highest BCUT2D eigenvalue weighted by Crippen LogP contribution is 2.28. The lowest BCUT2D eigenvalue weighted by molar-refractivity contribution is -0.166. The molecule has 0 aromatic heterocycles. The Kier molecular flexibility index (Phi) is 5.26. The van der Waals surface area contributed by atoms with Crippen molar-refractivity contribution in [2.75, 3.05) is 14.2 Å². The maximum Gasteiger partial charge on any atom is 0.162 e. The molecule has 0 aromatic carbocycles. The normalized spacial score (nSPS) is 11.9. The number of ether oxygens (including phenoxy) is 2. The second kappa shape index (κ2) is 5.40. The van der Waals surface area contributed by atoms with Crippen LogP contribution in [0.4, 0.5) is 0 Å². The van der Waals surface area contributed by atoms with Crippen LogP contribution in [0.15, 0.2) is 11.6 Å². The van der Waals surface area contributed by atoms with Gasteiger partial charge in [-0.2, -0.15) is 0 Å². The minimum atomic E-state index is -0.136. The Hall–Kier alpha value is -0.340. The summed E-state index contributed by atoms with van der Waals surface area (Å²) in [6.07, 6.45) is 3.05. The van der Waals surface area contributed by atoms with Gasteiger partial charge in [-0.05, 0) is 20.3 Å². The monoisotopic (exact) mass is 186 g/mol. The molecule has 0 atom stereocenters. The fourth-order valence-electron chi connectivity index (χ4n) is 1.30. The van der Waals surface area contributed by atoms with Gasteiger partial charge >= 0.3 is 0 Å². The van der Waals surface area contributed by atoms with Gasteiger partial charge in [0.05, 0.1) is 0 Å². The van der Waals surface area contributed by atoms with Crippen molar-refractivity contribution in [1.29, 1.82) is 0 Å². The molecule has 0 aliphatic heterocycles. The van der Waals surface area contributed by atoms with E-state index in [2.05, 4.69) is 33.8 Å². The van der Waals surface area contributed by atoms with Crippen LogP contribution in [-0.2, 0) is 9.47 Å². The Bertz CT molecular complexity index is 163. The van der Waals surface area contributed by atoms with E-state index < -0.39 is 0 Å². The third-order valence-electron chi connectivity index (χ3n) is 2.10. The van der Waals surface area contributed by atoms with E-state index in [0.717, 1.165) is 6.42 Å². The van der Waals surface area contributed by atoms with Gasteiger partial charge in [-0.3, -0.25) is 0 Å². The first-order valence-corrected chi connectivity index (χ1v) is 4.63. The standard InChI is InChI=1S/C11H22O2/c1-9(2)7-8-11(3,4)10(12-5)13-6/h7,10H,8H2,1-6H3. The van der Waals surface area contributed by atoms with E-state index in [1.807, 2.05) is 0 Å². The molecule has 0 rings (SSSR count). The summed E-state index contributed by atoms with van der Waals surface area (Å²) in [6.45, 7) is 8.49. The van der Waals surface area contributed by atoms with Crippen LogP contribution >= 0.6 is 0 Å². The molecule has 0 aromatic rings. The van der Waals surface area contributed by atoms with Gasteiger partial charge in [0.2, 0.25) is 0 Å². The van der Waals surface area contributed by atoms with Gasteiger partial charge in [0, 0.05) is 19.6 Å². The second-order valence-electron chi connectivity index (χ2n) is 4.28.